The number of pyridine rings is 1. The topological polar surface area (TPSA) is 114 Å². The van der Waals surface area contributed by atoms with Crippen molar-refractivity contribution in [1.82, 2.24) is 5.32 Å². The Balaban J connectivity index is 1.73. The number of amides is 1. The Morgan fingerprint density at radius 2 is 1.76 bits per heavy atom. The van der Waals surface area contributed by atoms with Gasteiger partial charge in [-0.15, -0.1) is 0 Å². The van der Waals surface area contributed by atoms with E-state index >= 15 is 0 Å². The molecule has 1 heterocycles. The molecule has 5 atom stereocenters. The maximum absolute atomic E-state index is 14.0. The van der Waals surface area contributed by atoms with Gasteiger partial charge in [-0.25, -0.2) is 0 Å². The Labute approximate surface area is 200 Å². The third-order valence-corrected chi connectivity index (χ3v) is 8.46. The van der Waals surface area contributed by atoms with Gasteiger partial charge in [-0.05, 0) is 60.1 Å². The number of phenolic OH excluding ortho intramolecular Hbond substituents is 2. The summed E-state index contributed by atoms with van der Waals surface area (Å²) in [7, 11) is 0. The van der Waals surface area contributed by atoms with Gasteiger partial charge in [0.25, 0.3) is 5.91 Å². The summed E-state index contributed by atoms with van der Waals surface area (Å²) in [6.45, 7) is 8.67. The van der Waals surface area contributed by atoms with Gasteiger partial charge in [0.1, 0.15) is 17.1 Å². The maximum atomic E-state index is 14.0. The Kier molecular flexibility index (Phi) is 6.08. The monoisotopic (exact) mass is 466 g/mol. The van der Waals surface area contributed by atoms with Crippen molar-refractivity contribution in [2.45, 2.75) is 59.4 Å². The predicted octanol–water partition coefficient (Wildman–Crippen LogP) is 4.20. The highest BCUT2D eigenvalue weighted by atomic mass is 16.5. The number of nitrogens with zero attached hydrogens (tertiary/aromatic N) is 1. The van der Waals surface area contributed by atoms with E-state index in [1.54, 1.807) is 6.07 Å². The number of hydrogen-bond acceptors (Lipinski definition) is 5. The molecule has 2 saturated carbocycles. The molecule has 2 aliphatic carbocycles. The van der Waals surface area contributed by atoms with E-state index in [0.717, 1.165) is 25.7 Å². The van der Waals surface area contributed by atoms with Crippen LogP contribution in [0.2, 0.25) is 0 Å². The van der Waals surface area contributed by atoms with Gasteiger partial charge in [-0.1, -0.05) is 34.1 Å². The number of nitrogens with one attached hydrogen (secondary N) is 1. The van der Waals surface area contributed by atoms with Gasteiger partial charge in [0.2, 0.25) is 0 Å². The van der Waals surface area contributed by atoms with Gasteiger partial charge in [-0.3, -0.25) is 9.59 Å². The van der Waals surface area contributed by atoms with Crippen LogP contribution < -0.4 is 10.0 Å². The van der Waals surface area contributed by atoms with Crippen LogP contribution in [0.1, 0.15) is 74.1 Å². The number of Topliss-reactive ketones (excluding diaryl/α,β-unsaturated/α-hetero) is 1. The largest absolute Gasteiger partial charge is 0.619 e. The zero-order valence-corrected chi connectivity index (χ0v) is 20.2. The highest BCUT2D eigenvalue weighted by Gasteiger charge is 2.58. The van der Waals surface area contributed by atoms with Crippen LogP contribution in [0.15, 0.2) is 42.7 Å². The summed E-state index contributed by atoms with van der Waals surface area (Å²) in [6.07, 6.45) is 6.29. The summed E-state index contributed by atoms with van der Waals surface area (Å²) in [5, 5.41) is 34.8. The van der Waals surface area contributed by atoms with E-state index in [2.05, 4.69) is 26.1 Å². The zero-order valence-electron chi connectivity index (χ0n) is 20.2. The number of benzene rings is 1. The van der Waals surface area contributed by atoms with Crippen LogP contribution in [0.4, 0.5) is 0 Å². The lowest BCUT2D eigenvalue weighted by atomic mass is 9.45. The van der Waals surface area contributed by atoms with Crippen LogP contribution in [0.25, 0.3) is 0 Å². The Morgan fingerprint density at radius 1 is 1.09 bits per heavy atom. The number of hydrogen-bond donors (Lipinski definition) is 3. The lowest BCUT2D eigenvalue weighted by molar-refractivity contribution is -0.605. The van der Waals surface area contributed by atoms with E-state index in [1.807, 2.05) is 6.92 Å². The molecule has 7 heteroatoms. The molecule has 2 fully saturated rings. The van der Waals surface area contributed by atoms with Gasteiger partial charge < -0.3 is 20.7 Å². The Morgan fingerprint density at radius 3 is 2.41 bits per heavy atom. The standard InChI is InChI=1S/C27H34N2O5/c1-16-21(28-25(33)17-7-5-10-29(34)15-17)14-22-26(2,3)8-6-9-27(22,4)23(16)24(32)18-11-19(30)13-20(31)12-18/h5,7,10-13,15-16,21-23,30-31H,6,8-9,14H2,1-4H3,(H,28,33). The minimum atomic E-state index is -0.405. The van der Waals surface area contributed by atoms with Crippen molar-refractivity contribution < 1.29 is 24.5 Å². The molecule has 2 aliphatic rings. The normalized spacial score (nSPS) is 30.2. The SMILES string of the molecule is CC1C(NC(=O)c2ccc[n+]([O-])c2)CC2C(C)(C)CCCC2(C)C1C(=O)c1cc(O)cc(O)c1. The minimum absolute atomic E-state index is 0.0135. The van der Waals surface area contributed by atoms with Crippen molar-refractivity contribution in [3.8, 4) is 11.5 Å². The molecular formula is C27H34N2O5. The number of carbonyl (C=O) groups is 2. The molecule has 1 aromatic carbocycles. The first kappa shape index (κ1) is 24.0. The van der Waals surface area contributed by atoms with Crippen LogP contribution in [-0.4, -0.2) is 27.9 Å². The summed E-state index contributed by atoms with van der Waals surface area (Å²) in [4.78, 5) is 27.0. The molecule has 1 aromatic heterocycles. The van der Waals surface area contributed by atoms with Crippen molar-refractivity contribution in [3.63, 3.8) is 0 Å². The van der Waals surface area contributed by atoms with E-state index in [-0.39, 0.29) is 63.0 Å². The van der Waals surface area contributed by atoms with Crippen LogP contribution in [0.5, 0.6) is 11.5 Å². The van der Waals surface area contributed by atoms with Gasteiger partial charge in [0.15, 0.2) is 18.2 Å². The summed E-state index contributed by atoms with van der Waals surface area (Å²) >= 11 is 0. The summed E-state index contributed by atoms with van der Waals surface area (Å²) in [5.41, 5.74) is 0.257. The van der Waals surface area contributed by atoms with Crippen LogP contribution in [-0.2, 0) is 0 Å². The number of phenols is 2. The molecule has 0 radical (unpaired) electrons. The lowest BCUT2D eigenvalue weighted by Gasteiger charge is -2.60. The fraction of sp³-hybridized carbons (Fsp3) is 0.519. The second-order valence-corrected chi connectivity index (χ2v) is 11.1. The molecule has 34 heavy (non-hydrogen) atoms. The van der Waals surface area contributed by atoms with Crippen molar-refractivity contribution in [2.24, 2.45) is 28.6 Å². The van der Waals surface area contributed by atoms with Crippen LogP contribution in [0.3, 0.4) is 0 Å². The summed E-state index contributed by atoms with van der Waals surface area (Å²) in [5.74, 6) is -1.16. The second-order valence-electron chi connectivity index (χ2n) is 11.1. The van der Waals surface area contributed by atoms with Crippen molar-refractivity contribution in [3.05, 3.63) is 59.1 Å². The second kappa shape index (κ2) is 8.60. The number of carbonyl (C=O) groups excluding carboxylic acids is 2. The first-order chi connectivity index (χ1) is 15.9. The number of aromatic nitrogens is 1. The summed E-state index contributed by atoms with van der Waals surface area (Å²) < 4.78 is 0.598. The van der Waals surface area contributed by atoms with Crippen LogP contribution in [0, 0.1) is 33.8 Å². The molecule has 7 nitrogen and oxygen atoms in total. The first-order valence-electron chi connectivity index (χ1n) is 12.0. The first-order valence-corrected chi connectivity index (χ1v) is 12.0. The molecule has 0 saturated heterocycles. The average Bonchev–Trinajstić information content (AvgIpc) is 2.74. The molecule has 1 amide bonds. The zero-order chi connectivity index (χ0) is 24.8. The maximum Gasteiger partial charge on any atom is 0.257 e. The predicted molar refractivity (Wildman–Crippen MR) is 127 cm³/mol. The van der Waals surface area contributed by atoms with Crippen molar-refractivity contribution in [2.75, 3.05) is 0 Å². The molecule has 2 aromatic rings. The molecule has 182 valence electrons. The third-order valence-electron chi connectivity index (χ3n) is 8.46. The number of ketones is 1. The Hall–Kier alpha value is -3.09. The van der Waals surface area contributed by atoms with E-state index in [1.165, 1.54) is 36.7 Å². The summed E-state index contributed by atoms with van der Waals surface area (Å²) in [6, 6.07) is 6.89. The van der Waals surface area contributed by atoms with Gasteiger partial charge in [0.05, 0.1) is 0 Å². The highest BCUT2D eigenvalue weighted by molar-refractivity contribution is 5.99. The minimum Gasteiger partial charge on any atom is -0.619 e. The molecule has 0 bridgehead atoms. The van der Waals surface area contributed by atoms with Crippen molar-refractivity contribution >= 4 is 11.7 Å². The molecular weight excluding hydrogens is 432 g/mol. The third kappa shape index (κ3) is 4.24. The molecule has 5 unspecified atom stereocenters. The smallest absolute Gasteiger partial charge is 0.257 e. The highest BCUT2D eigenvalue weighted by Crippen LogP contribution is 2.61. The molecule has 0 spiro atoms. The van der Waals surface area contributed by atoms with Crippen LogP contribution >= 0.6 is 0 Å². The lowest BCUT2D eigenvalue weighted by Crippen LogP contribution is -2.60. The fourth-order valence-corrected chi connectivity index (χ4v) is 6.91. The van der Waals surface area contributed by atoms with E-state index < -0.39 is 5.92 Å². The van der Waals surface area contributed by atoms with Gasteiger partial charge >= 0.3 is 0 Å². The number of aromatic hydroxyl groups is 2. The molecule has 0 aliphatic heterocycles. The quantitative estimate of drug-likeness (QED) is 0.355. The van der Waals surface area contributed by atoms with Crippen molar-refractivity contribution in [1.29, 1.82) is 0 Å². The van der Waals surface area contributed by atoms with E-state index in [0.29, 0.717) is 4.73 Å². The van der Waals surface area contributed by atoms with E-state index in [9.17, 15) is 25.0 Å². The average molecular weight is 467 g/mol. The van der Waals surface area contributed by atoms with E-state index in [4.69, 9.17) is 0 Å². The van der Waals surface area contributed by atoms with Gasteiger partial charge in [-0.2, -0.15) is 4.73 Å². The van der Waals surface area contributed by atoms with Gasteiger partial charge in [0, 0.05) is 29.7 Å². The fourth-order valence-electron chi connectivity index (χ4n) is 6.91. The molecule has 3 N–H and O–H groups in total. The Bertz CT molecular complexity index is 1090. The number of fused-ring (bicyclic) bond motifs is 1. The number of rotatable bonds is 4. The molecule has 4 rings (SSSR count).